The third kappa shape index (κ3) is 4.34. The molecule has 8 heteroatoms. The predicted molar refractivity (Wildman–Crippen MR) is 94.4 cm³/mol. The Morgan fingerprint density at radius 1 is 1.31 bits per heavy atom. The standard InChI is InChI=1S/C18H19N4O4/c19-18(25)15-9-12(5-8-26-15)10-16(23)21-13-1-3-14(4-2-13)22-7-6-20-11-17(22)24/h1-4,6-7,10-12,15H,5,8-9H2,(H2,19,25)(H,21,23). The average Bonchev–Trinajstić information content (AvgIpc) is 2.63. The summed E-state index contributed by atoms with van der Waals surface area (Å²) in [6.07, 6.45) is 6.32. The number of ether oxygens (including phenoxy) is 1. The van der Waals surface area contributed by atoms with Gasteiger partial charge in [-0.1, -0.05) is 0 Å². The van der Waals surface area contributed by atoms with E-state index in [1.165, 1.54) is 17.0 Å². The highest BCUT2D eigenvalue weighted by Crippen LogP contribution is 2.23. The van der Waals surface area contributed by atoms with Gasteiger partial charge in [0, 0.05) is 30.4 Å². The van der Waals surface area contributed by atoms with Gasteiger partial charge in [-0.25, -0.2) is 0 Å². The summed E-state index contributed by atoms with van der Waals surface area (Å²) in [7, 11) is 0. The lowest BCUT2D eigenvalue weighted by Gasteiger charge is -2.26. The summed E-state index contributed by atoms with van der Waals surface area (Å²) in [6, 6.07) is 6.89. The molecular formula is C18H19N4O4. The first-order valence-electron chi connectivity index (χ1n) is 8.23. The molecule has 0 bridgehead atoms. The molecule has 2 atom stereocenters. The molecule has 2 heterocycles. The van der Waals surface area contributed by atoms with Crippen LogP contribution < -0.4 is 16.6 Å². The quantitative estimate of drug-likeness (QED) is 0.817. The topological polar surface area (TPSA) is 116 Å². The zero-order valence-corrected chi connectivity index (χ0v) is 14.0. The zero-order valence-electron chi connectivity index (χ0n) is 14.0. The van der Waals surface area contributed by atoms with Crippen molar-refractivity contribution in [3.05, 3.63) is 59.6 Å². The fourth-order valence-electron chi connectivity index (χ4n) is 2.84. The van der Waals surface area contributed by atoms with Crippen LogP contribution in [-0.2, 0) is 14.3 Å². The Kier molecular flexibility index (Phi) is 5.43. The Balaban J connectivity index is 1.59. The van der Waals surface area contributed by atoms with E-state index in [4.69, 9.17) is 10.5 Å². The van der Waals surface area contributed by atoms with Gasteiger partial charge >= 0.3 is 0 Å². The third-order valence-electron chi connectivity index (χ3n) is 4.17. The van der Waals surface area contributed by atoms with Crippen LogP contribution in [0.1, 0.15) is 12.8 Å². The molecule has 1 aromatic carbocycles. The second-order valence-corrected chi connectivity index (χ2v) is 6.03. The minimum Gasteiger partial charge on any atom is -0.368 e. The van der Waals surface area contributed by atoms with Crippen molar-refractivity contribution in [2.75, 3.05) is 11.9 Å². The molecule has 3 rings (SSSR count). The van der Waals surface area contributed by atoms with Gasteiger partial charge in [0.15, 0.2) is 0 Å². The first-order valence-corrected chi connectivity index (χ1v) is 8.23. The van der Waals surface area contributed by atoms with Gasteiger partial charge in [0.05, 0.1) is 12.6 Å². The molecule has 1 aliphatic heterocycles. The molecule has 2 aromatic rings. The number of aromatic nitrogens is 2. The van der Waals surface area contributed by atoms with Crippen molar-refractivity contribution in [1.29, 1.82) is 0 Å². The van der Waals surface area contributed by atoms with Crippen molar-refractivity contribution >= 4 is 17.5 Å². The molecule has 1 saturated heterocycles. The van der Waals surface area contributed by atoms with Gasteiger partial charge in [-0.15, -0.1) is 0 Å². The van der Waals surface area contributed by atoms with E-state index in [1.54, 1.807) is 36.9 Å². The number of amides is 2. The van der Waals surface area contributed by atoms with Gasteiger partial charge in [-0.05, 0) is 43.0 Å². The summed E-state index contributed by atoms with van der Waals surface area (Å²) in [4.78, 5) is 38.9. The van der Waals surface area contributed by atoms with Crippen LogP contribution in [0.5, 0.6) is 0 Å². The van der Waals surface area contributed by atoms with E-state index in [0.717, 1.165) is 0 Å². The second kappa shape index (κ2) is 7.92. The van der Waals surface area contributed by atoms with Crippen LogP contribution in [0.3, 0.4) is 0 Å². The molecule has 0 saturated carbocycles. The molecule has 1 radical (unpaired) electrons. The Bertz CT molecular complexity index is 847. The number of hydrogen-bond acceptors (Lipinski definition) is 5. The van der Waals surface area contributed by atoms with Gasteiger partial charge < -0.3 is 15.8 Å². The summed E-state index contributed by atoms with van der Waals surface area (Å²) in [5, 5.41) is 2.78. The van der Waals surface area contributed by atoms with Crippen molar-refractivity contribution in [2.24, 2.45) is 11.7 Å². The van der Waals surface area contributed by atoms with Gasteiger partial charge in [0.1, 0.15) is 6.10 Å². The molecule has 1 fully saturated rings. The largest absolute Gasteiger partial charge is 0.368 e. The van der Waals surface area contributed by atoms with Crippen LogP contribution in [0, 0.1) is 12.3 Å². The minimum absolute atomic E-state index is 0.0593. The number of anilines is 1. The maximum Gasteiger partial charge on any atom is 0.273 e. The van der Waals surface area contributed by atoms with E-state index >= 15 is 0 Å². The van der Waals surface area contributed by atoms with Gasteiger partial charge in [-0.3, -0.25) is 23.9 Å². The summed E-state index contributed by atoms with van der Waals surface area (Å²) >= 11 is 0. The van der Waals surface area contributed by atoms with Crippen LogP contribution in [0.25, 0.3) is 5.69 Å². The van der Waals surface area contributed by atoms with Gasteiger partial charge in [-0.2, -0.15) is 0 Å². The zero-order chi connectivity index (χ0) is 18.5. The molecule has 8 nitrogen and oxygen atoms in total. The van der Waals surface area contributed by atoms with Crippen molar-refractivity contribution in [3.8, 4) is 5.69 Å². The maximum absolute atomic E-state index is 12.2. The smallest absolute Gasteiger partial charge is 0.273 e. The second-order valence-electron chi connectivity index (χ2n) is 6.03. The number of carbonyl (C=O) groups is 2. The number of carbonyl (C=O) groups excluding carboxylic acids is 2. The molecule has 135 valence electrons. The van der Waals surface area contributed by atoms with Crippen LogP contribution in [0.4, 0.5) is 5.69 Å². The SMILES string of the molecule is NC(=O)C1CC([CH]C(=O)Nc2ccc(-n3ccncc3=O)cc2)CCO1. The number of benzene rings is 1. The number of hydrogen-bond donors (Lipinski definition) is 2. The lowest BCUT2D eigenvalue weighted by Crippen LogP contribution is -2.38. The van der Waals surface area contributed by atoms with Crippen LogP contribution >= 0.6 is 0 Å². The Morgan fingerprint density at radius 2 is 2.08 bits per heavy atom. The highest BCUT2D eigenvalue weighted by Gasteiger charge is 2.28. The molecule has 0 aliphatic carbocycles. The molecule has 1 aliphatic rings. The van der Waals surface area contributed by atoms with E-state index in [-0.39, 0.29) is 17.4 Å². The number of primary amides is 1. The van der Waals surface area contributed by atoms with Crippen LogP contribution in [0.15, 0.2) is 47.7 Å². The summed E-state index contributed by atoms with van der Waals surface area (Å²) in [5.41, 5.74) is 6.30. The van der Waals surface area contributed by atoms with E-state index < -0.39 is 12.0 Å². The lowest BCUT2D eigenvalue weighted by atomic mass is 9.92. The third-order valence-corrected chi connectivity index (χ3v) is 4.17. The Hall–Kier alpha value is -3.00. The first-order chi connectivity index (χ1) is 12.5. The van der Waals surface area contributed by atoms with Crippen molar-refractivity contribution < 1.29 is 14.3 Å². The highest BCUT2D eigenvalue weighted by molar-refractivity contribution is 5.97. The average molecular weight is 355 g/mol. The molecule has 26 heavy (non-hydrogen) atoms. The number of rotatable bonds is 5. The molecule has 2 amide bonds. The Labute approximate surface area is 150 Å². The minimum atomic E-state index is -0.643. The molecule has 3 N–H and O–H groups in total. The monoisotopic (exact) mass is 355 g/mol. The summed E-state index contributed by atoms with van der Waals surface area (Å²) < 4.78 is 6.73. The molecular weight excluding hydrogens is 336 g/mol. The molecule has 1 aromatic heterocycles. The summed E-state index contributed by atoms with van der Waals surface area (Å²) in [5.74, 6) is -0.824. The molecule has 2 unspecified atom stereocenters. The van der Waals surface area contributed by atoms with Crippen LogP contribution in [0.2, 0.25) is 0 Å². The van der Waals surface area contributed by atoms with E-state index in [2.05, 4.69) is 10.3 Å². The highest BCUT2D eigenvalue weighted by atomic mass is 16.5. The van der Waals surface area contributed by atoms with E-state index in [0.29, 0.717) is 30.8 Å². The lowest BCUT2D eigenvalue weighted by molar-refractivity contribution is -0.134. The van der Waals surface area contributed by atoms with Crippen molar-refractivity contribution in [1.82, 2.24) is 9.55 Å². The van der Waals surface area contributed by atoms with Gasteiger partial charge in [0.25, 0.3) is 5.56 Å². The number of nitrogens with zero attached hydrogens (tertiary/aromatic N) is 2. The van der Waals surface area contributed by atoms with E-state index in [1.807, 2.05) is 0 Å². The fourth-order valence-corrected chi connectivity index (χ4v) is 2.84. The predicted octanol–water partition coefficient (Wildman–Crippen LogP) is 0.656. The maximum atomic E-state index is 12.2. The number of nitrogens with one attached hydrogen (secondary N) is 1. The van der Waals surface area contributed by atoms with E-state index in [9.17, 15) is 14.4 Å². The molecule has 0 spiro atoms. The first kappa shape index (κ1) is 17.8. The Morgan fingerprint density at radius 3 is 2.77 bits per heavy atom. The van der Waals surface area contributed by atoms with Gasteiger partial charge in [0.2, 0.25) is 11.8 Å². The summed E-state index contributed by atoms with van der Waals surface area (Å²) in [6.45, 7) is 0.400. The normalized spacial score (nSPS) is 19.7. The van der Waals surface area contributed by atoms with Crippen molar-refractivity contribution in [3.63, 3.8) is 0 Å². The number of nitrogens with two attached hydrogens (primary N) is 1. The van der Waals surface area contributed by atoms with Crippen LogP contribution in [-0.4, -0.2) is 34.1 Å². The fraction of sp³-hybridized carbons (Fsp3) is 0.278. The van der Waals surface area contributed by atoms with Crippen molar-refractivity contribution in [2.45, 2.75) is 18.9 Å².